The number of aromatic nitrogens is 2. The molecular formula is C23H30ClN5O2. The van der Waals surface area contributed by atoms with E-state index < -0.39 is 6.04 Å². The first-order valence-electron chi connectivity index (χ1n) is 10.6. The molecule has 4 N–H and O–H groups in total. The summed E-state index contributed by atoms with van der Waals surface area (Å²) in [5.74, 6) is 0.189. The zero-order valence-corrected chi connectivity index (χ0v) is 19.2. The SMILES string of the molecule is CC(C)C(N)CN1CC(C)(C)OCC1C(=O)Nc1cc(Cl)cc2c1[nH]c1cnccc12. The highest BCUT2D eigenvalue weighted by Gasteiger charge is 2.38. The molecule has 0 aliphatic carbocycles. The number of nitrogens with two attached hydrogens (primary N) is 1. The molecule has 1 saturated heterocycles. The summed E-state index contributed by atoms with van der Waals surface area (Å²) < 4.78 is 5.98. The van der Waals surface area contributed by atoms with Crippen molar-refractivity contribution < 1.29 is 9.53 Å². The van der Waals surface area contributed by atoms with Gasteiger partial charge in [-0.25, -0.2) is 0 Å². The Morgan fingerprint density at radius 1 is 1.42 bits per heavy atom. The molecule has 1 aliphatic heterocycles. The van der Waals surface area contributed by atoms with E-state index in [0.29, 0.717) is 36.3 Å². The van der Waals surface area contributed by atoms with Crippen LogP contribution in [-0.4, -0.2) is 58.2 Å². The van der Waals surface area contributed by atoms with Gasteiger partial charge in [0, 0.05) is 41.1 Å². The second kappa shape index (κ2) is 8.39. The zero-order valence-electron chi connectivity index (χ0n) is 18.4. The van der Waals surface area contributed by atoms with Crippen molar-refractivity contribution in [3.8, 4) is 0 Å². The van der Waals surface area contributed by atoms with Crippen molar-refractivity contribution in [2.24, 2.45) is 11.7 Å². The highest BCUT2D eigenvalue weighted by atomic mass is 35.5. The van der Waals surface area contributed by atoms with E-state index in [2.05, 4.69) is 34.0 Å². The molecule has 0 saturated carbocycles. The molecule has 3 aromatic rings. The van der Waals surface area contributed by atoms with E-state index in [0.717, 1.165) is 21.8 Å². The summed E-state index contributed by atoms with van der Waals surface area (Å²) in [7, 11) is 0. The smallest absolute Gasteiger partial charge is 0.244 e. The predicted octanol–water partition coefficient (Wildman–Crippen LogP) is 3.77. The molecule has 2 aromatic heterocycles. The molecule has 8 heteroatoms. The molecule has 4 rings (SSSR count). The van der Waals surface area contributed by atoms with Crippen LogP contribution in [0.5, 0.6) is 0 Å². The van der Waals surface area contributed by atoms with Crippen molar-refractivity contribution in [1.82, 2.24) is 14.9 Å². The van der Waals surface area contributed by atoms with Crippen LogP contribution in [0.1, 0.15) is 27.7 Å². The molecule has 0 bridgehead atoms. The molecule has 31 heavy (non-hydrogen) atoms. The van der Waals surface area contributed by atoms with Crippen molar-refractivity contribution in [3.05, 3.63) is 35.6 Å². The minimum Gasteiger partial charge on any atom is -0.372 e. The van der Waals surface area contributed by atoms with Gasteiger partial charge in [0.05, 0.1) is 35.1 Å². The van der Waals surface area contributed by atoms with E-state index in [9.17, 15) is 4.79 Å². The van der Waals surface area contributed by atoms with Gasteiger partial charge in [0.2, 0.25) is 5.91 Å². The minimum atomic E-state index is -0.432. The summed E-state index contributed by atoms with van der Waals surface area (Å²) in [6.45, 7) is 9.84. The Morgan fingerprint density at radius 3 is 2.94 bits per heavy atom. The first-order chi connectivity index (χ1) is 14.6. The molecule has 0 radical (unpaired) electrons. The van der Waals surface area contributed by atoms with E-state index >= 15 is 0 Å². The number of hydrogen-bond donors (Lipinski definition) is 3. The first-order valence-corrected chi connectivity index (χ1v) is 11.0. The predicted molar refractivity (Wildman–Crippen MR) is 125 cm³/mol. The molecule has 2 atom stereocenters. The highest BCUT2D eigenvalue weighted by molar-refractivity contribution is 6.33. The van der Waals surface area contributed by atoms with Crippen LogP contribution in [-0.2, 0) is 9.53 Å². The van der Waals surface area contributed by atoms with Crippen LogP contribution < -0.4 is 11.1 Å². The van der Waals surface area contributed by atoms with Gasteiger partial charge in [0.25, 0.3) is 0 Å². The van der Waals surface area contributed by atoms with Gasteiger partial charge in [-0.3, -0.25) is 14.7 Å². The number of carbonyl (C=O) groups excluding carboxylic acids is 1. The monoisotopic (exact) mass is 443 g/mol. The van der Waals surface area contributed by atoms with Crippen LogP contribution in [0.25, 0.3) is 21.8 Å². The molecule has 3 heterocycles. The van der Waals surface area contributed by atoms with Crippen LogP contribution in [0.4, 0.5) is 5.69 Å². The van der Waals surface area contributed by atoms with Crippen molar-refractivity contribution in [2.45, 2.75) is 45.4 Å². The molecule has 7 nitrogen and oxygen atoms in total. The Balaban J connectivity index is 1.64. The normalized spacial score (nSPS) is 20.4. The van der Waals surface area contributed by atoms with Crippen LogP contribution in [0, 0.1) is 5.92 Å². The number of amides is 1. The maximum Gasteiger partial charge on any atom is 0.244 e. The van der Waals surface area contributed by atoms with Crippen molar-refractivity contribution in [3.63, 3.8) is 0 Å². The number of carbonyl (C=O) groups is 1. The summed E-state index contributed by atoms with van der Waals surface area (Å²) in [5.41, 5.74) is 8.37. The average molecular weight is 444 g/mol. The molecule has 166 valence electrons. The molecule has 1 amide bonds. The average Bonchev–Trinajstić information content (AvgIpc) is 3.06. The van der Waals surface area contributed by atoms with E-state index in [-0.39, 0.29) is 17.6 Å². The first kappa shape index (κ1) is 22.0. The zero-order chi connectivity index (χ0) is 22.3. The maximum atomic E-state index is 13.4. The van der Waals surface area contributed by atoms with E-state index in [1.807, 2.05) is 26.0 Å². The third-order valence-corrected chi connectivity index (χ3v) is 6.21. The second-order valence-electron chi connectivity index (χ2n) is 9.34. The highest BCUT2D eigenvalue weighted by Crippen LogP contribution is 2.33. The molecular weight excluding hydrogens is 414 g/mol. The number of aromatic amines is 1. The Bertz CT molecular complexity index is 1110. The van der Waals surface area contributed by atoms with Gasteiger partial charge in [0.1, 0.15) is 6.04 Å². The fourth-order valence-electron chi connectivity index (χ4n) is 4.10. The van der Waals surface area contributed by atoms with Crippen LogP contribution >= 0.6 is 11.6 Å². The summed E-state index contributed by atoms with van der Waals surface area (Å²) in [6.07, 6.45) is 3.51. The topological polar surface area (TPSA) is 96.3 Å². The lowest BCUT2D eigenvalue weighted by Gasteiger charge is -2.44. The number of anilines is 1. The number of ether oxygens (including phenoxy) is 1. The lowest BCUT2D eigenvalue weighted by molar-refractivity contribution is -0.143. The van der Waals surface area contributed by atoms with Gasteiger partial charge >= 0.3 is 0 Å². The van der Waals surface area contributed by atoms with Gasteiger partial charge in [-0.2, -0.15) is 0 Å². The third kappa shape index (κ3) is 4.55. The van der Waals surface area contributed by atoms with E-state index in [1.54, 1.807) is 18.5 Å². The lowest BCUT2D eigenvalue weighted by Crippen LogP contribution is -2.60. The Labute approximate surface area is 187 Å². The Kier molecular flexibility index (Phi) is 5.96. The van der Waals surface area contributed by atoms with Gasteiger partial charge in [-0.15, -0.1) is 0 Å². The molecule has 1 fully saturated rings. The number of halogens is 1. The van der Waals surface area contributed by atoms with E-state index in [1.165, 1.54) is 0 Å². The number of hydrogen-bond acceptors (Lipinski definition) is 5. The van der Waals surface area contributed by atoms with Crippen LogP contribution in [0.3, 0.4) is 0 Å². The minimum absolute atomic E-state index is 0.0247. The van der Waals surface area contributed by atoms with E-state index in [4.69, 9.17) is 22.1 Å². The number of rotatable bonds is 5. The Hall–Kier alpha value is -2.19. The molecule has 2 unspecified atom stereocenters. The summed E-state index contributed by atoms with van der Waals surface area (Å²) in [5, 5.41) is 5.59. The van der Waals surface area contributed by atoms with Crippen molar-refractivity contribution in [2.75, 3.05) is 25.0 Å². The Morgan fingerprint density at radius 2 is 2.19 bits per heavy atom. The van der Waals surface area contributed by atoms with Crippen LogP contribution in [0.15, 0.2) is 30.6 Å². The van der Waals surface area contributed by atoms with Crippen LogP contribution in [0.2, 0.25) is 5.02 Å². The lowest BCUT2D eigenvalue weighted by atomic mass is 9.99. The van der Waals surface area contributed by atoms with Gasteiger partial charge < -0.3 is 20.8 Å². The standard InChI is InChI=1S/C23H30ClN5O2/c1-13(2)17(25)10-29-12-23(3,4)31-11-20(29)22(30)28-18-8-14(24)7-16-15-5-6-26-9-19(15)27-21(16)18/h5-9,13,17,20,27H,10-12,25H2,1-4H3,(H,28,30). The number of H-pyrrole nitrogens is 1. The van der Waals surface area contributed by atoms with Crippen molar-refractivity contribution >= 4 is 45.0 Å². The third-order valence-electron chi connectivity index (χ3n) is 5.99. The number of nitrogens with zero attached hydrogens (tertiary/aromatic N) is 2. The largest absolute Gasteiger partial charge is 0.372 e. The summed E-state index contributed by atoms with van der Waals surface area (Å²) >= 11 is 6.39. The summed E-state index contributed by atoms with van der Waals surface area (Å²) in [6, 6.07) is 5.14. The van der Waals surface area contributed by atoms with Crippen molar-refractivity contribution in [1.29, 1.82) is 0 Å². The summed E-state index contributed by atoms with van der Waals surface area (Å²) in [4.78, 5) is 23.0. The van der Waals surface area contributed by atoms with Gasteiger partial charge in [0.15, 0.2) is 0 Å². The quantitative estimate of drug-likeness (QED) is 0.557. The maximum absolute atomic E-state index is 13.4. The number of morpholine rings is 1. The fourth-order valence-corrected chi connectivity index (χ4v) is 4.32. The number of nitrogens with one attached hydrogen (secondary N) is 2. The molecule has 1 aliphatic rings. The molecule has 0 spiro atoms. The van der Waals surface area contributed by atoms with Gasteiger partial charge in [-0.05, 0) is 38.0 Å². The fraction of sp³-hybridized carbons (Fsp3) is 0.478. The number of fused-ring (bicyclic) bond motifs is 3. The number of benzene rings is 1. The van der Waals surface area contributed by atoms with Gasteiger partial charge in [-0.1, -0.05) is 25.4 Å². The molecule has 1 aromatic carbocycles. The second-order valence-corrected chi connectivity index (χ2v) is 9.77. The number of pyridine rings is 1.